The van der Waals surface area contributed by atoms with Crippen LogP contribution in [0.4, 0.5) is 29.2 Å². The Balaban J connectivity index is 1.06. The summed E-state index contributed by atoms with van der Waals surface area (Å²) in [6.07, 6.45) is 6.67. The number of anilines is 5. The number of morpholine rings is 1. The van der Waals surface area contributed by atoms with Crippen LogP contribution in [0.3, 0.4) is 0 Å². The highest BCUT2D eigenvalue weighted by Crippen LogP contribution is 2.32. The number of likely N-dealkylation sites (tertiary alicyclic amines) is 1. The highest BCUT2D eigenvalue weighted by Gasteiger charge is 2.17. The van der Waals surface area contributed by atoms with E-state index >= 15 is 0 Å². The van der Waals surface area contributed by atoms with Gasteiger partial charge in [0.15, 0.2) is 17.1 Å². The number of nitrogens with one attached hydrogen (secondary N) is 2. The monoisotopic (exact) mass is 559 g/mol. The number of piperidine rings is 1. The number of rotatable bonds is 11. The lowest BCUT2D eigenvalue weighted by Crippen LogP contribution is -2.36. The SMILES string of the molecule is COc1cc(Nc2nccc(Nc3ccc4nc(N5CCOCC5)oc4c3)n2)ccc1OCCCN1CCCCC1. The van der Waals surface area contributed by atoms with E-state index in [4.69, 9.17) is 18.6 Å². The summed E-state index contributed by atoms with van der Waals surface area (Å²) < 4.78 is 23.1. The first-order valence-electron chi connectivity index (χ1n) is 14.4. The molecule has 2 fully saturated rings. The molecule has 0 atom stereocenters. The Kier molecular flexibility index (Phi) is 8.63. The molecule has 0 bridgehead atoms. The van der Waals surface area contributed by atoms with Crippen molar-refractivity contribution in [3.63, 3.8) is 0 Å². The molecule has 4 aromatic rings. The molecule has 4 heterocycles. The van der Waals surface area contributed by atoms with E-state index in [0.717, 1.165) is 48.7 Å². The van der Waals surface area contributed by atoms with Gasteiger partial charge >= 0.3 is 0 Å². The summed E-state index contributed by atoms with van der Waals surface area (Å²) >= 11 is 0. The Morgan fingerprint density at radius 1 is 0.878 bits per heavy atom. The molecular weight excluding hydrogens is 522 g/mol. The molecule has 0 unspecified atom stereocenters. The smallest absolute Gasteiger partial charge is 0.298 e. The zero-order chi connectivity index (χ0) is 27.9. The number of fused-ring (bicyclic) bond motifs is 1. The number of hydrogen-bond acceptors (Lipinski definition) is 11. The lowest BCUT2D eigenvalue weighted by molar-refractivity contribution is 0.120. The van der Waals surface area contributed by atoms with Gasteiger partial charge in [0.2, 0.25) is 5.95 Å². The van der Waals surface area contributed by atoms with Gasteiger partial charge in [-0.05, 0) is 62.7 Å². The van der Waals surface area contributed by atoms with Crippen molar-refractivity contribution >= 4 is 40.3 Å². The van der Waals surface area contributed by atoms with Crippen molar-refractivity contribution in [1.82, 2.24) is 19.9 Å². The van der Waals surface area contributed by atoms with Crippen molar-refractivity contribution in [2.24, 2.45) is 0 Å². The molecule has 2 aliphatic rings. The standard InChI is InChI=1S/C30H37N7O4/c1-38-27-21-23(7-9-25(27)40-17-5-14-36-12-3-2-4-13-36)33-29-31-11-10-28(35-29)32-22-6-8-24-26(20-22)41-30(34-24)37-15-18-39-19-16-37/h6-11,20-21H,2-5,12-19H2,1H3,(H2,31,32,33,35). The molecular formula is C30H37N7O4. The number of ether oxygens (including phenoxy) is 3. The maximum atomic E-state index is 6.04. The molecule has 0 aliphatic carbocycles. The van der Waals surface area contributed by atoms with E-state index in [1.54, 1.807) is 13.3 Å². The fourth-order valence-electron chi connectivity index (χ4n) is 5.16. The minimum Gasteiger partial charge on any atom is -0.493 e. The largest absolute Gasteiger partial charge is 0.493 e. The first-order valence-corrected chi connectivity index (χ1v) is 14.4. The van der Waals surface area contributed by atoms with Gasteiger partial charge in [-0.3, -0.25) is 0 Å². The van der Waals surface area contributed by atoms with Crippen molar-refractivity contribution in [2.75, 3.05) is 75.2 Å². The quantitative estimate of drug-likeness (QED) is 0.237. The minimum absolute atomic E-state index is 0.461. The van der Waals surface area contributed by atoms with E-state index in [9.17, 15) is 0 Å². The van der Waals surface area contributed by atoms with E-state index in [2.05, 4.69) is 35.4 Å². The van der Waals surface area contributed by atoms with E-state index in [0.29, 0.717) is 48.9 Å². The summed E-state index contributed by atoms with van der Waals surface area (Å²) in [6.45, 7) is 7.05. The molecule has 0 saturated carbocycles. The second-order valence-electron chi connectivity index (χ2n) is 10.3. The Labute approximate surface area is 239 Å². The lowest BCUT2D eigenvalue weighted by Gasteiger charge is -2.26. The topological polar surface area (TPSA) is 110 Å². The van der Waals surface area contributed by atoms with Gasteiger partial charge < -0.3 is 39.1 Å². The van der Waals surface area contributed by atoms with Crippen molar-refractivity contribution in [3.05, 3.63) is 48.7 Å². The number of benzene rings is 2. The molecule has 2 N–H and O–H groups in total. The van der Waals surface area contributed by atoms with Crippen molar-refractivity contribution in [1.29, 1.82) is 0 Å². The molecule has 0 radical (unpaired) electrons. The van der Waals surface area contributed by atoms with Crippen LogP contribution in [0, 0.1) is 0 Å². The fourth-order valence-corrected chi connectivity index (χ4v) is 5.16. The van der Waals surface area contributed by atoms with Crippen molar-refractivity contribution < 1.29 is 18.6 Å². The van der Waals surface area contributed by atoms with Gasteiger partial charge in [-0.2, -0.15) is 9.97 Å². The zero-order valence-corrected chi connectivity index (χ0v) is 23.5. The van der Waals surface area contributed by atoms with E-state index < -0.39 is 0 Å². The summed E-state index contributed by atoms with van der Waals surface area (Å²) in [6, 6.07) is 14.0. The summed E-state index contributed by atoms with van der Waals surface area (Å²) in [4.78, 5) is 18.3. The predicted octanol–water partition coefficient (Wildman–Crippen LogP) is 5.21. The average Bonchev–Trinajstić information content (AvgIpc) is 3.45. The minimum atomic E-state index is 0.461. The van der Waals surface area contributed by atoms with Crippen LogP contribution >= 0.6 is 0 Å². The molecule has 0 spiro atoms. The molecule has 2 saturated heterocycles. The van der Waals surface area contributed by atoms with Crippen molar-refractivity contribution in [3.8, 4) is 11.5 Å². The molecule has 41 heavy (non-hydrogen) atoms. The number of nitrogens with zero attached hydrogens (tertiary/aromatic N) is 5. The van der Waals surface area contributed by atoms with Gasteiger partial charge in [0, 0.05) is 49.3 Å². The third-order valence-corrected chi connectivity index (χ3v) is 7.33. The van der Waals surface area contributed by atoms with Crippen LogP contribution in [0.2, 0.25) is 0 Å². The van der Waals surface area contributed by atoms with Gasteiger partial charge in [-0.15, -0.1) is 0 Å². The van der Waals surface area contributed by atoms with Gasteiger partial charge in [0.05, 0.1) is 26.9 Å². The summed E-state index contributed by atoms with van der Waals surface area (Å²) in [5, 5.41) is 6.60. The first kappa shape index (κ1) is 27.1. The normalized spacial score (nSPS) is 16.1. The molecule has 2 aromatic carbocycles. The number of aromatic nitrogens is 3. The molecule has 216 valence electrons. The number of hydrogen-bond donors (Lipinski definition) is 2. The molecule has 11 nitrogen and oxygen atoms in total. The second-order valence-corrected chi connectivity index (χ2v) is 10.3. The highest BCUT2D eigenvalue weighted by molar-refractivity contribution is 5.80. The number of methoxy groups -OCH3 is 1. The van der Waals surface area contributed by atoms with Crippen LogP contribution in [0.15, 0.2) is 53.1 Å². The van der Waals surface area contributed by atoms with E-state index in [-0.39, 0.29) is 0 Å². The van der Waals surface area contributed by atoms with Crippen LogP contribution < -0.4 is 25.0 Å². The van der Waals surface area contributed by atoms with E-state index in [1.807, 2.05) is 42.5 Å². The molecule has 2 aromatic heterocycles. The summed E-state index contributed by atoms with van der Waals surface area (Å²) in [5.74, 6) is 2.50. The Hall–Kier alpha value is -4.09. The van der Waals surface area contributed by atoms with Crippen LogP contribution in [-0.2, 0) is 4.74 Å². The van der Waals surface area contributed by atoms with Crippen LogP contribution in [0.25, 0.3) is 11.1 Å². The first-order chi connectivity index (χ1) is 20.2. The zero-order valence-electron chi connectivity index (χ0n) is 23.5. The van der Waals surface area contributed by atoms with Crippen LogP contribution in [0.5, 0.6) is 11.5 Å². The van der Waals surface area contributed by atoms with Gasteiger partial charge in [-0.25, -0.2) is 4.98 Å². The Morgan fingerprint density at radius 3 is 2.56 bits per heavy atom. The van der Waals surface area contributed by atoms with Crippen LogP contribution in [0.1, 0.15) is 25.7 Å². The third kappa shape index (κ3) is 6.98. The summed E-state index contributed by atoms with van der Waals surface area (Å²) in [5.41, 5.74) is 3.17. The van der Waals surface area contributed by atoms with Gasteiger partial charge in [0.1, 0.15) is 11.3 Å². The Morgan fingerprint density at radius 2 is 1.71 bits per heavy atom. The fraction of sp³-hybridized carbons (Fsp3) is 0.433. The van der Waals surface area contributed by atoms with Gasteiger partial charge in [0.25, 0.3) is 6.01 Å². The Bertz CT molecular complexity index is 1430. The highest BCUT2D eigenvalue weighted by atomic mass is 16.5. The van der Waals surface area contributed by atoms with Crippen LogP contribution in [-0.4, -0.2) is 79.5 Å². The van der Waals surface area contributed by atoms with Crippen molar-refractivity contribution in [2.45, 2.75) is 25.7 Å². The average molecular weight is 560 g/mol. The van der Waals surface area contributed by atoms with E-state index in [1.165, 1.54) is 32.4 Å². The molecule has 0 amide bonds. The summed E-state index contributed by atoms with van der Waals surface area (Å²) in [7, 11) is 1.65. The third-order valence-electron chi connectivity index (χ3n) is 7.33. The lowest BCUT2D eigenvalue weighted by atomic mass is 10.1. The second kappa shape index (κ2) is 13.0. The molecule has 11 heteroatoms. The number of oxazole rings is 1. The molecule has 6 rings (SSSR count). The predicted molar refractivity (Wildman–Crippen MR) is 159 cm³/mol. The molecule has 2 aliphatic heterocycles. The van der Waals surface area contributed by atoms with Gasteiger partial charge in [-0.1, -0.05) is 6.42 Å². The maximum absolute atomic E-state index is 6.04. The maximum Gasteiger partial charge on any atom is 0.298 e.